The lowest BCUT2D eigenvalue weighted by Gasteiger charge is -2.13. The molecule has 0 fully saturated rings. The van der Waals surface area contributed by atoms with Gasteiger partial charge in [0.2, 0.25) is 0 Å². The minimum absolute atomic E-state index is 0.0554. The Morgan fingerprint density at radius 3 is 1.88 bits per heavy atom. The molecule has 0 rings (SSSR count). The summed E-state index contributed by atoms with van der Waals surface area (Å²) in [7, 11) is -5.15. The topological polar surface area (TPSA) is 34.1 Å². The molecule has 0 atom stereocenters. The first kappa shape index (κ1) is 16.2. The van der Waals surface area contributed by atoms with Crippen molar-refractivity contribution < 1.29 is 21.6 Å². The maximum Gasteiger partial charge on any atom is 0.501 e. The zero-order chi connectivity index (χ0) is 13.0. The Balaban J connectivity index is 5.48. The van der Waals surface area contributed by atoms with Crippen LogP contribution in [0.4, 0.5) is 13.2 Å². The third-order valence-corrected chi connectivity index (χ3v) is 5.14. The predicted molar refractivity (Wildman–Crippen MR) is 65.8 cm³/mol. The molecule has 0 aliphatic rings. The van der Waals surface area contributed by atoms with Crippen molar-refractivity contribution in [1.82, 2.24) is 0 Å². The smallest absolute Gasteiger partial charge is 0.215 e. The molecule has 7 heteroatoms. The summed E-state index contributed by atoms with van der Waals surface area (Å²) in [6.07, 6.45) is 1.31. The predicted octanol–water partition coefficient (Wildman–Crippen LogP) is 4.17. The van der Waals surface area contributed by atoms with E-state index in [4.69, 9.17) is 0 Å². The highest BCUT2D eigenvalue weighted by Gasteiger charge is 2.48. The Hall–Kier alpha value is 0.210. The fourth-order valence-corrected chi connectivity index (χ4v) is 3.97. The van der Waals surface area contributed by atoms with E-state index in [0.717, 1.165) is 0 Å². The zero-order valence-corrected chi connectivity index (χ0v) is 12.0. The summed E-state index contributed by atoms with van der Waals surface area (Å²) >= 11 is 1.69. The van der Waals surface area contributed by atoms with Gasteiger partial charge in [-0.3, -0.25) is 0 Å². The monoisotopic (exact) mass is 370 g/mol. The van der Waals surface area contributed by atoms with Crippen LogP contribution in [0.1, 0.15) is 39.5 Å². The van der Waals surface area contributed by atoms with Gasteiger partial charge >= 0.3 is 5.51 Å². The van der Waals surface area contributed by atoms with Gasteiger partial charge < -0.3 is 0 Å². The van der Waals surface area contributed by atoms with E-state index in [2.05, 4.69) is 0 Å². The summed E-state index contributed by atoms with van der Waals surface area (Å²) < 4.78 is 60.0. The Bertz CT molecular complexity index is 357. The third-order valence-electron chi connectivity index (χ3n) is 1.88. The summed E-state index contributed by atoms with van der Waals surface area (Å²) in [5.41, 5.74) is -5.19. The summed E-state index contributed by atoms with van der Waals surface area (Å²) in [6, 6.07) is 0. The molecule has 0 saturated heterocycles. The SMILES string of the molecule is CCCC(I)=C(CCC)S(=O)(=O)C(F)(F)F. The second kappa shape index (κ2) is 6.23. The van der Waals surface area contributed by atoms with Gasteiger partial charge in [-0.05, 0) is 35.4 Å². The summed E-state index contributed by atoms with van der Waals surface area (Å²) in [4.78, 5) is -0.468. The van der Waals surface area contributed by atoms with Crippen molar-refractivity contribution in [2.45, 2.75) is 45.0 Å². The van der Waals surface area contributed by atoms with E-state index in [9.17, 15) is 21.6 Å². The fraction of sp³-hybridized carbons (Fsp3) is 0.778. The Labute approximate surface area is 107 Å². The molecule has 0 radical (unpaired) electrons. The van der Waals surface area contributed by atoms with E-state index >= 15 is 0 Å². The molecule has 2 nitrogen and oxygen atoms in total. The third kappa shape index (κ3) is 3.90. The van der Waals surface area contributed by atoms with Crippen molar-refractivity contribution in [2.75, 3.05) is 0 Å². The van der Waals surface area contributed by atoms with Gasteiger partial charge in [-0.25, -0.2) is 8.42 Å². The van der Waals surface area contributed by atoms with Crippen LogP contribution in [0.15, 0.2) is 8.48 Å². The fourth-order valence-electron chi connectivity index (χ4n) is 1.14. The van der Waals surface area contributed by atoms with E-state index in [0.29, 0.717) is 22.8 Å². The average molecular weight is 370 g/mol. The zero-order valence-electron chi connectivity index (χ0n) is 9.07. The highest BCUT2D eigenvalue weighted by atomic mass is 127. The molecule has 0 aromatic rings. The standard InChI is InChI=1S/C9H14F3IO2S/c1-3-5-7(13)8(6-4-2)16(14,15)9(10,11)12/h3-6H2,1-2H3. The molecule has 0 unspecified atom stereocenters. The van der Waals surface area contributed by atoms with Crippen molar-refractivity contribution in [3.8, 4) is 0 Å². The van der Waals surface area contributed by atoms with E-state index < -0.39 is 20.3 Å². The number of sulfone groups is 1. The second-order valence-corrected chi connectivity index (χ2v) is 6.54. The molecule has 0 amide bonds. The van der Waals surface area contributed by atoms with Crippen molar-refractivity contribution >= 4 is 32.4 Å². The van der Waals surface area contributed by atoms with E-state index in [1.807, 2.05) is 0 Å². The van der Waals surface area contributed by atoms with Crippen LogP contribution in [0.3, 0.4) is 0 Å². The Kier molecular flexibility index (Phi) is 6.31. The van der Waals surface area contributed by atoms with E-state index in [-0.39, 0.29) is 6.42 Å². The molecular weight excluding hydrogens is 356 g/mol. The van der Waals surface area contributed by atoms with Crippen LogP contribution in [-0.2, 0) is 9.84 Å². The maximum atomic E-state index is 12.4. The van der Waals surface area contributed by atoms with Crippen LogP contribution in [0.2, 0.25) is 0 Å². The van der Waals surface area contributed by atoms with Gasteiger partial charge in [-0.2, -0.15) is 13.2 Å². The number of hydrogen-bond donors (Lipinski definition) is 0. The van der Waals surface area contributed by atoms with Crippen molar-refractivity contribution in [1.29, 1.82) is 0 Å². The molecule has 96 valence electrons. The minimum atomic E-state index is -5.19. The lowest BCUT2D eigenvalue weighted by Crippen LogP contribution is -2.25. The minimum Gasteiger partial charge on any atom is -0.215 e. The normalized spacial score (nSPS) is 14.9. The maximum absolute atomic E-state index is 12.4. The van der Waals surface area contributed by atoms with Gasteiger partial charge in [0.1, 0.15) is 0 Å². The van der Waals surface area contributed by atoms with E-state index in [1.54, 1.807) is 36.4 Å². The summed E-state index contributed by atoms with van der Waals surface area (Å²) in [5, 5.41) is 0. The molecule has 0 aromatic heterocycles. The largest absolute Gasteiger partial charge is 0.501 e. The molecule has 0 saturated carbocycles. The van der Waals surface area contributed by atoms with Gasteiger partial charge in [0.15, 0.2) is 0 Å². The van der Waals surface area contributed by atoms with Crippen LogP contribution in [0.25, 0.3) is 0 Å². The van der Waals surface area contributed by atoms with Gasteiger partial charge in [0.25, 0.3) is 9.84 Å². The van der Waals surface area contributed by atoms with Crippen LogP contribution >= 0.6 is 22.6 Å². The summed E-state index contributed by atoms with van der Waals surface area (Å²) in [6.45, 7) is 3.45. The van der Waals surface area contributed by atoms with Gasteiger partial charge in [-0.1, -0.05) is 26.7 Å². The van der Waals surface area contributed by atoms with E-state index in [1.165, 1.54) is 0 Å². The van der Waals surface area contributed by atoms with Crippen LogP contribution < -0.4 is 0 Å². The molecule has 0 bridgehead atoms. The molecule has 16 heavy (non-hydrogen) atoms. The number of alkyl halides is 3. The van der Waals surface area contributed by atoms with Crippen LogP contribution in [0.5, 0.6) is 0 Å². The lowest BCUT2D eigenvalue weighted by atomic mass is 10.2. The van der Waals surface area contributed by atoms with Crippen molar-refractivity contribution in [2.24, 2.45) is 0 Å². The number of hydrogen-bond acceptors (Lipinski definition) is 2. The van der Waals surface area contributed by atoms with Gasteiger partial charge in [0, 0.05) is 3.58 Å². The first-order valence-corrected chi connectivity index (χ1v) is 7.43. The van der Waals surface area contributed by atoms with Crippen molar-refractivity contribution in [3.63, 3.8) is 0 Å². The van der Waals surface area contributed by atoms with Gasteiger partial charge in [-0.15, -0.1) is 0 Å². The quantitative estimate of drug-likeness (QED) is 0.681. The molecule has 0 N–H and O–H groups in total. The molecule has 0 heterocycles. The summed E-state index contributed by atoms with van der Waals surface area (Å²) in [5.74, 6) is 0. The Morgan fingerprint density at radius 1 is 1.12 bits per heavy atom. The highest BCUT2D eigenvalue weighted by Crippen LogP contribution is 2.36. The molecule has 0 aromatic carbocycles. The van der Waals surface area contributed by atoms with Crippen molar-refractivity contribution in [3.05, 3.63) is 8.48 Å². The molecule has 0 aliphatic carbocycles. The van der Waals surface area contributed by atoms with Crippen LogP contribution in [-0.4, -0.2) is 13.9 Å². The molecular formula is C9H14F3IO2S. The number of rotatable bonds is 5. The Morgan fingerprint density at radius 2 is 1.56 bits per heavy atom. The molecule has 0 aliphatic heterocycles. The number of allylic oxidation sites excluding steroid dienone is 2. The van der Waals surface area contributed by atoms with Crippen LogP contribution in [0, 0.1) is 0 Å². The first-order valence-electron chi connectivity index (χ1n) is 4.87. The lowest BCUT2D eigenvalue weighted by molar-refractivity contribution is -0.0427. The number of halogens is 4. The average Bonchev–Trinajstić information content (AvgIpc) is 2.12. The van der Waals surface area contributed by atoms with Gasteiger partial charge in [0.05, 0.1) is 4.91 Å². The highest BCUT2D eigenvalue weighted by molar-refractivity contribution is 14.1. The second-order valence-electron chi connectivity index (χ2n) is 3.28. The first-order chi connectivity index (χ1) is 7.18. The molecule has 0 spiro atoms.